The van der Waals surface area contributed by atoms with Gasteiger partial charge in [-0.3, -0.25) is 14.5 Å². The van der Waals surface area contributed by atoms with Gasteiger partial charge in [-0.2, -0.15) is 0 Å². The first-order valence-electron chi connectivity index (χ1n) is 8.55. The van der Waals surface area contributed by atoms with Crippen LogP contribution in [0.25, 0.3) is 0 Å². The van der Waals surface area contributed by atoms with Crippen molar-refractivity contribution >= 4 is 36.7 Å². The Morgan fingerprint density at radius 2 is 2.15 bits per heavy atom. The summed E-state index contributed by atoms with van der Waals surface area (Å²) in [5.41, 5.74) is 0. The molecular weight excluding hydrogens is 381 g/mol. The number of aliphatic carboxylic acids is 1. The standard InChI is InChI=1S/C17H27N3O4.2ClH/c1-4-5-13(11(2)19-12(3)21)9-20-10-14(8-15(20)17(22)23)16-18-6-7-24-16;;/h6-7,11,13-15H,4-5,8-10H2,1-3H3,(H,19,21)(H,22,23);2*1H/t11?,13?,14-,15-;;/m1../s1. The van der Waals surface area contributed by atoms with Gasteiger partial charge in [-0.15, -0.1) is 24.8 Å². The number of hydrogen-bond donors (Lipinski definition) is 2. The summed E-state index contributed by atoms with van der Waals surface area (Å²) in [5.74, 6) is -0.0573. The van der Waals surface area contributed by atoms with Crippen LogP contribution >= 0.6 is 24.8 Å². The summed E-state index contributed by atoms with van der Waals surface area (Å²) in [5, 5.41) is 12.5. The second kappa shape index (κ2) is 11.4. The van der Waals surface area contributed by atoms with Gasteiger partial charge in [0.05, 0.1) is 12.1 Å². The molecule has 0 radical (unpaired) electrons. The summed E-state index contributed by atoms with van der Waals surface area (Å²) in [6, 6.07) is -0.525. The van der Waals surface area contributed by atoms with Crippen molar-refractivity contribution in [1.82, 2.24) is 15.2 Å². The number of hydrogen-bond acceptors (Lipinski definition) is 5. The van der Waals surface area contributed by atoms with E-state index in [4.69, 9.17) is 4.42 Å². The maximum absolute atomic E-state index is 11.7. The highest BCUT2D eigenvalue weighted by Crippen LogP contribution is 2.32. The third-order valence-corrected chi connectivity index (χ3v) is 4.76. The molecule has 1 aliphatic heterocycles. The second-order valence-electron chi connectivity index (χ2n) is 6.65. The van der Waals surface area contributed by atoms with E-state index in [-0.39, 0.29) is 48.6 Å². The summed E-state index contributed by atoms with van der Waals surface area (Å²) in [6.45, 7) is 6.85. The minimum Gasteiger partial charge on any atom is -0.480 e. The van der Waals surface area contributed by atoms with Crippen molar-refractivity contribution in [3.8, 4) is 0 Å². The molecule has 1 aromatic heterocycles. The van der Waals surface area contributed by atoms with Crippen LogP contribution in [0.1, 0.15) is 51.8 Å². The van der Waals surface area contributed by atoms with Crippen molar-refractivity contribution in [1.29, 1.82) is 0 Å². The van der Waals surface area contributed by atoms with Crippen molar-refractivity contribution in [3.63, 3.8) is 0 Å². The predicted octanol–water partition coefficient (Wildman–Crippen LogP) is 2.70. The summed E-state index contributed by atoms with van der Waals surface area (Å²) >= 11 is 0. The molecular formula is C17H29Cl2N3O4. The smallest absolute Gasteiger partial charge is 0.320 e. The van der Waals surface area contributed by atoms with E-state index in [2.05, 4.69) is 17.2 Å². The van der Waals surface area contributed by atoms with Crippen LogP contribution in [-0.2, 0) is 9.59 Å². The number of aromatic nitrogens is 1. The molecule has 9 heteroatoms. The van der Waals surface area contributed by atoms with Crippen LogP contribution in [-0.4, -0.2) is 52.0 Å². The van der Waals surface area contributed by atoms with E-state index in [1.807, 2.05) is 11.8 Å². The fourth-order valence-electron chi connectivity index (χ4n) is 3.59. The van der Waals surface area contributed by atoms with Gasteiger partial charge in [0, 0.05) is 26.1 Å². The molecule has 2 unspecified atom stereocenters. The Morgan fingerprint density at radius 1 is 1.46 bits per heavy atom. The lowest BCUT2D eigenvalue weighted by molar-refractivity contribution is -0.142. The number of carboxylic acid groups (broad SMARTS) is 1. The van der Waals surface area contributed by atoms with Crippen LogP contribution in [0.5, 0.6) is 0 Å². The lowest BCUT2D eigenvalue weighted by Crippen LogP contribution is -2.45. The Kier molecular flexibility index (Phi) is 10.8. The molecule has 0 aromatic carbocycles. The Morgan fingerprint density at radius 3 is 2.65 bits per heavy atom. The maximum atomic E-state index is 11.7. The summed E-state index contributed by atoms with van der Waals surface area (Å²) < 4.78 is 5.36. The molecule has 0 aliphatic carbocycles. The van der Waals surface area contributed by atoms with Crippen molar-refractivity contribution in [3.05, 3.63) is 18.4 Å². The van der Waals surface area contributed by atoms with Crippen LogP contribution in [0.3, 0.4) is 0 Å². The molecule has 150 valence electrons. The number of carbonyl (C=O) groups excluding carboxylic acids is 1. The predicted molar refractivity (Wildman–Crippen MR) is 103 cm³/mol. The molecule has 0 spiro atoms. The Hall–Kier alpha value is -1.31. The van der Waals surface area contributed by atoms with E-state index in [1.165, 1.54) is 13.2 Å². The fourth-order valence-corrected chi connectivity index (χ4v) is 3.59. The normalized spacial score (nSPS) is 22.0. The van der Waals surface area contributed by atoms with Crippen LogP contribution in [0.15, 0.2) is 16.9 Å². The monoisotopic (exact) mass is 409 g/mol. The molecule has 0 bridgehead atoms. The molecule has 26 heavy (non-hydrogen) atoms. The van der Waals surface area contributed by atoms with E-state index in [9.17, 15) is 14.7 Å². The number of nitrogens with zero attached hydrogens (tertiary/aromatic N) is 2. The molecule has 2 N–H and O–H groups in total. The number of nitrogens with one attached hydrogen (secondary N) is 1. The first-order valence-corrected chi connectivity index (χ1v) is 8.55. The molecule has 1 aliphatic rings. The van der Waals surface area contributed by atoms with Crippen molar-refractivity contribution in [2.75, 3.05) is 13.1 Å². The van der Waals surface area contributed by atoms with Gasteiger partial charge in [0.1, 0.15) is 12.3 Å². The number of carbonyl (C=O) groups is 2. The van der Waals surface area contributed by atoms with Crippen molar-refractivity contribution in [2.24, 2.45) is 5.92 Å². The zero-order chi connectivity index (χ0) is 17.7. The van der Waals surface area contributed by atoms with Crippen LogP contribution in [0, 0.1) is 5.92 Å². The summed E-state index contributed by atoms with van der Waals surface area (Å²) in [4.78, 5) is 29.2. The van der Waals surface area contributed by atoms with Gasteiger partial charge in [-0.25, -0.2) is 4.98 Å². The van der Waals surface area contributed by atoms with Gasteiger partial charge in [0.2, 0.25) is 5.91 Å². The topological polar surface area (TPSA) is 95.7 Å². The molecule has 2 rings (SSSR count). The quantitative estimate of drug-likeness (QED) is 0.684. The first-order chi connectivity index (χ1) is 11.4. The Balaban J connectivity index is 0.00000312. The summed E-state index contributed by atoms with van der Waals surface area (Å²) in [6.07, 6.45) is 5.54. The maximum Gasteiger partial charge on any atom is 0.320 e. The molecule has 4 atom stereocenters. The number of likely N-dealkylation sites (tertiary alicyclic amines) is 1. The zero-order valence-electron chi connectivity index (χ0n) is 15.4. The van der Waals surface area contributed by atoms with E-state index >= 15 is 0 Å². The number of halogens is 2. The number of oxazole rings is 1. The third-order valence-electron chi connectivity index (χ3n) is 4.76. The lowest BCUT2D eigenvalue weighted by Gasteiger charge is -2.30. The van der Waals surface area contributed by atoms with Gasteiger partial charge < -0.3 is 14.8 Å². The average Bonchev–Trinajstić information content (AvgIpc) is 3.15. The lowest BCUT2D eigenvalue weighted by atomic mass is 9.95. The highest BCUT2D eigenvalue weighted by Gasteiger charge is 2.40. The van der Waals surface area contributed by atoms with Gasteiger partial charge in [0.25, 0.3) is 0 Å². The molecule has 1 amide bonds. The first kappa shape index (κ1) is 24.7. The highest BCUT2D eigenvalue weighted by molar-refractivity contribution is 5.85. The zero-order valence-corrected chi connectivity index (χ0v) is 17.0. The van der Waals surface area contributed by atoms with Crippen LogP contribution in [0.2, 0.25) is 0 Å². The molecule has 7 nitrogen and oxygen atoms in total. The molecule has 2 heterocycles. The SMILES string of the molecule is CCCC(CN1C[C@H](c2ncco2)C[C@@H]1C(=O)O)C(C)NC(C)=O.Cl.Cl. The largest absolute Gasteiger partial charge is 0.480 e. The molecule has 1 saturated heterocycles. The number of carboxylic acids is 1. The van der Waals surface area contributed by atoms with E-state index < -0.39 is 12.0 Å². The van der Waals surface area contributed by atoms with E-state index in [1.54, 1.807) is 6.20 Å². The highest BCUT2D eigenvalue weighted by atomic mass is 35.5. The van der Waals surface area contributed by atoms with Crippen molar-refractivity contribution < 1.29 is 19.1 Å². The Labute approximate surface area is 166 Å². The van der Waals surface area contributed by atoms with Gasteiger partial charge >= 0.3 is 5.97 Å². The van der Waals surface area contributed by atoms with Crippen LogP contribution < -0.4 is 5.32 Å². The Bertz CT molecular complexity index is 556. The second-order valence-corrected chi connectivity index (χ2v) is 6.65. The van der Waals surface area contributed by atoms with Gasteiger partial charge in [-0.1, -0.05) is 13.3 Å². The third kappa shape index (κ3) is 6.45. The minimum absolute atomic E-state index is 0. The fraction of sp³-hybridized carbons (Fsp3) is 0.706. The average molecular weight is 410 g/mol. The van der Waals surface area contributed by atoms with E-state index in [0.29, 0.717) is 25.4 Å². The number of rotatable bonds is 8. The molecule has 1 fully saturated rings. The summed E-state index contributed by atoms with van der Waals surface area (Å²) in [7, 11) is 0. The van der Waals surface area contributed by atoms with Crippen LogP contribution in [0.4, 0.5) is 0 Å². The van der Waals surface area contributed by atoms with E-state index in [0.717, 1.165) is 12.8 Å². The van der Waals surface area contributed by atoms with Gasteiger partial charge in [0.15, 0.2) is 5.89 Å². The van der Waals surface area contributed by atoms with Gasteiger partial charge in [-0.05, 0) is 25.7 Å². The molecule has 0 saturated carbocycles. The number of amides is 1. The minimum atomic E-state index is -0.813. The molecule has 1 aromatic rings. The van der Waals surface area contributed by atoms with Crippen molar-refractivity contribution in [2.45, 2.75) is 58.0 Å².